The van der Waals surface area contributed by atoms with Crippen LogP contribution in [-0.2, 0) is 4.79 Å². The Morgan fingerprint density at radius 2 is 2.10 bits per heavy atom. The average molecular weight is 301 g/mol. The van der Waals surface area contributed by atoms with Crippen molar-refractivity contribution in [3.63, 3.8) is 0 Å². The summed E-state index contributed by atoms with van der Waals surface area (Å²) < 4.78 is 1.68. The highest BCUT2D eigenvalue weighted by atomic mass is 32.2. The predicted octanol–water partition coefficient (Wildman–Crippen LogP) is 1.77. The van der Waals surface area contributed by atoms with Crippen molar-refractivity contribution in [1.29, 1.82) is 0 Å². The molecule has 0 aliphatic carbocycles. The molecule has 1 aromatic heterocycles. The van der Waals surface area contributed by atoms with E-state index in [-0.39, 0.29) is 6.04 Å². The first-order valence-corrected chi connectivity index (χ1v) is 7.65. The molecule has 0 fully saturated rings. The van der Waals surface area contributed by atoms with Gasteiger partial charge in [-0.05, 0) is 30.9 Å². The Labute approximate surface area is 126 Å². The highest BCUT2D eigenvalue weighted by Gasteiger charge is 2.31. The highest BCUT2D eigenvalue weighted by molar-refractivity contribution is 7.98. The third-order valence-electron chi connectivity index (χ3n) is 3.49. The molecule has 2 heterocycles. The fourth-order valence-corrected chi connectivity index (χ4v) is 2.91. The second-order valence-corrected chi connectivity index (χ2v) is 5.61. The summed E-state index contributed by atoms with van der Waals surface area (Å²) in [5, 5.41) is 7.28. The van der Waals surface area contributed by atoms with Gasteiger partial charge in [0.25, 0.3) is 0 Å². The Kier molecular flexibility index (Phi) is 3.42. The van der Waals surface area contributed by atoms with E-state index in [1.165, 1.54) is 6.33 Å². The van der Waals surface area contributed by atoms with Gasteiger partial charge >= 0.3 is 0 Å². The molecule has 21 heavy (non-hydrogen) atoms. The Bertz CT molecular complexity index is 719. The van der Waals surface area contributed by atoms with Crippen molar-refractivity contribution in [3.05, 3.63) is 47.4 Å². The van der Waals surface area contributed by atoms with Gasteiger partial charge in [0.05, 0.1) is 5.57 Å². The maximum Gasteiger partial charge on any atom is 0.248 e. The van der Waals surface area contributed by atoms with Gasteiger partial charge in [0.1, 0.15) is 12.4 Å². The first-order chi connectivity index (χ1) is 10.1. The van der Waals surface area contributed by atoms with Gasteiger partial charge in [-0.1, -0.05) is 12.1 Å². The molecule has 0 spiro atoms. The van der Waals surface area contributed by atoms with Gasteiger partial charge in [-0.15, -0.1) is 11.8 Å². The number of carbonyl (C=O) groups is 1. The number of aromatic nitrogens is 3. The molecule has 1 aliphatic heterocycles. The van der Waals surface area contributed by atoms with Crippen molar-refractivity contribution < 1.29 is 4.79 Å². The number of nitrogens with two attached hydrogens (primary N) is 1. The molecule has 0 unspecified atom stereocenters. The monoisotopic (exact) mass is 301 g/mol. The van der Waals surface area contributed by atoms with E-state index in [4.69, 9.17) is 5.73 Å². The molecule has 7 heteroatoms. The summed E-state index contributed by atoms with van der Waals surface area (Å²) >= 11 is 1.67. The van der Waals surface area contributed by atoms with E-state index in [1.807, 2.05) is 37.4 Å². The summed E-state index contributed by atoms with van der Waals surface area (Å²) in [6, 6.07) is 7.67. The van der Waals surface area contributed by atoms with E-state index in [1.54, 1.807) is 16.4 Å². The summed E-state index contributed by atoms with van der Waals surface area (Å²) in [6.07, 6.45) is 3.48. The molecular weight excluding hydrogens is 286 g/mol. The molecular formula is C14H15N5OS. The number of carbonyl (C=O) groups excluding carboxylic acids is 1. The molecule has 3 rings (SSSR count). The number of thioether (sulfide) groups is 1. The van der Waals surface area contributed by atoms with Gasteiger partial charge in [0.15, 0.2) is 0 Å². The number of anilines is 1. The van der Waals surface area contributed by atoms with Crippen molar-refractivity contribution in [3.8, 4) is 0 Å². The lowest BCUT2D eigenvalue weighted by atomic mass is 9.95. The van der Waals surface area contributed by atoms with Crippen LogP contribution in [0.5, 0.6) is 0 Å². The minimum absolute atomic E-state index is 0.350. The molecule has 0 saturated carbocycles. The summed E-state index contributed by atoms with van der Waals surface area (Å²) in [5.74, 6) is 0.150. The van der Waals surface area contributed by atoms with E-state index in [0.29, 0.717) is 17.2 Å². The van der Waals surface area contributed by atoms with Crippen LogP contribution in [0, 0.1) is 0 Å². The molecule has 1 aliphatic rings. The van der Waals surface area contributed by atoms with Gasteiger partial charge in [0, 0.05) is 10.6 Å². The topological polar surface area (TPSA) is 85.8 Å². The number of rotatable bonds is 3. The zero-order valence-electron chi connectivity index (χ0n) is 11.7. The smallest absolute Gasteiger partial charge is 0.248 e. The van der Waals surface area contributed by atoms with Crippen LogP contribution in [0.1, 0.15) is 18.5 Å². The Hall–Kier alpha value is -2.28. The molecule has 1 atom stereocenters. The third kappa shape index (κ3) is 2.29. The first-order valence-electron chi connectivity index (χ1n) is 6.43. The SMILES string of the molecule is CSc1ccc([C@@H]2C(C(N)=O)=C(C)Nc3ncnn32)cc1. The van der Waals surface area contributed by atoms with Gasteiger partial charge in [0.2, 0.25) is 11.9 Å². The minimum Gasteiger partial charge on any atom is -0.366 e. The summed E-state index contributed by atoms with van der Waals surface area (Å²) in [7, 11) is 0. The second-order valence-electron chi connectivity index (χ2n) is 4.73. The maximum absolute atomic E-state index is 11.9. The molecule has 0 saturated heterocycles. The number of benzene rings is 1. The molecule has 3 N–H and O–H groups in total. The number of nitrogens with zero attached hydrogens (tertiary/aromatic N) is 3. The fourth-order valence-electron chi connectivity index (χ4n) is 2.50. The van der Waals surface area contributed by atoms with Crippen molar-refractivity contribution in [2.45, 2.75) is 17.9 Å². The number of hydrogen-bond acceptors (Lipinski definition) is 5. The van der Waals surface area contributed by atoms with Crippen LogP contribution in [0.2, 0.25) is 0 Å². The predicted molar refractivity (Wildman–Crippen MR) is 81.9 cm³/mol. The van der Waals surface area contributed by atoms with Crippen LogP contribution in [0.3, 0.4) is 0 Å². The summed E-state index contributed by atoms with van der Waals surface area (Å²) in [6.45, 7) is 1.82. The number of amides is 1. The number of nitrogens with one attached hydrogen (secondary N) is 1. The normalized spacial score (nSPS) is 17.3. The Morgan fingerprint density at radius 1 is 1.38 bits per heavy atom. The molecule has 1 amide bonds. The van der Waals surface area contributed by atoms with E-state index in [2.05, 4.69) is 15.4 Å². The van der Waals surface area contributed by atoms with Gasteiger partial charge in [-0.25, -0.2) is 4.68 Å². The number of fused-ring (bicyclic) bond motifs is 1. The van der Waals surface area contributed by atoms with Crippen LogP contribution in [0.25, 0.3) is 0 Å². The lowest BCUT2D eigenvalue weighted by Crippen LogP contribution is -2.31. The third-order valence-corrected chi connectivity index (χ3v) is 4.23. The molecule has 6 nitrogen and oxygen atoms in total. The van der Waals surface area contributed by atoms with Gasteiger partial charge in [-0.2, -0.15) is 10.1 Å². The van der Waals surface area contributed by atoms with Crippen LogP contribution < -0.4 is 11.1 Å². The van der Waals surface area contributed by atoms with Crippen molar-refractivity contribution in [1.82, 2.24) is 14.8 Å². The van der Waals surface area contributed by atoms with E-state index >= 15 is 0 Å². The summed E-state index contributed by atoms with van der Waals surface area (Å²) in [5.41, 5.74) is 7.73. The average Bonchev–Trinajstić information content (AvgIpc) is 2.93. The number of hydrogen-bond donors (Lipinski definition) is 2. The Morgan fingerprint density at radius 3 is 2.71 bits per heavy atom. The molecule has 2 aromatic rings. The number of primary amides is 1. The van der Waals surface area contributed by atoms with E-state index < -0.39 is 5.91 Å². The number of allylic oxidation sites excluding steroid dienone is 1. The van der Waals surface area contributed by atoms with E-state index in [0.717, 1.165) is 10.5 Å². The van der Waals surface area contributed by atoms with Crippen LogP contribution >= 0.6 is 11.8 Å². The second kappa shape index (κ2) is 5.25. The highest BCUT2D eigenvalue weighted by Crippen LogP contribution is 2.34. The molecule has 108 valence electrons. The van der Waals surface area contributed by atoms with Crippen molar-refractivity contribution in [2.24, 2.45) is 5.73 Å². The zero-order valence-corrected chi connectivity index (χ0v) is 12.5. The first kappa shape index (κ1) is 13.7. The van der Waals surface area contributed by atoms with Crippen LogP contribution in [0.15, 0.2) is 46.8 Å². The summed E-state index contributed by atoms with van der Waals surface area (Å²) in [4.78, 5) is 17.2. The standard InChI is InChI=1S/C14H15N5OS/c1-8-11(13(15)20)12(19-14(18-8)16-7-17-19)9-3-5-10(21-2)6-4-9/h3-7,12H,1-2H3,(H2,15,20)(H,16,17,18)/t12-/m1/s1. The van der Waals surface area contributed by atoms with Crippen molar-refractivity contribution >= 4 is 23.6 Å². The molecule has 0 radical (unpaired) electrons. The van der Waals surface area contributed by atoms with Gasteiger partial charge in [-0.3, -0.25) is 4.79 Å². The van der Waals surface area contributed by atoms with Crippen molar-refractivity contribution in [2.75, 3.05) is 11.6 Å². The molecule has 0 bridgehead atoms. The Balaban J connectivity index is 2.14. The molecule has 1 aromatic carbocycles. The van der Waals surface area contributed by atoms with Gasteiger partial charge < -0.3 is 11.1 Å². The van der Waals surface area contributed by atoms with E-state index in [9.17, 15) is 4.79 Å². The quantitative estimate of drug-likeness (QED) is 0.844. The van der Waals surface area contributed by atoms with Crippen LogP contribution in [-0.4, -0.2) is 26.9 Å². The fraction of sp³-hybridized carbons (Fsp3) is 0.214. The lowest BCUT2D eigenvalue weighted by Gasteiger charge is -2.27. The lowest BCUT2D eigenvalue weighted by molar-refractivity contribution is -0.115. The largest absolute Gasteiger partial charge is 0.366 e. The van der Waals surface area contributed by atoms with Crippen LogP contribution in [0.4, 0.5) is 5.95 Å². The minimum atomic E-state index is -0.458. The zero-order chi connectivity index (χ0) is 15.0. The maximum atomic E-state index is 11.9.